The zero-order chi connectivity index (χ0) is 13.2. The molecule has 1 aromatic rings. The Bertz CT molecular complexity index is 562. The Labute approximate surface area is 112 Å². The van der Waals surface area contributed by atoms with Crippen molar-refractivity contribution >= 4 is 23.6 Å². The third-order valence-electron chi connectivity index (χ3n) is 3.63. The molecule has 1 saturated carbocycles. The number of Topliss-reactive ketones (excluding diaryl/α,β-unsaturated/α-hetero) is 1. The summed E-state index contributed by atoms with van der Waals surface area (Å²) in [7, 11) is 0. The van der Waals surface area contributed by atoms with Gasteiger partial charge in [0.15, 0.2) is 0 Å². The average molecular weight is 255 g/mol. The van der Waals surface area contributed by atoms with E-state index in [9.17, 15) is 4.79 Å². The zero-order valence-electron chi connectivity index (χ0n) is 11.0. The van der Waals surface area contributed by atoms with E-state index in [1.165, 1.54) is 5.56 Å². The second-order valence-electron chi connectivity index (χ2n) is 5.18. The summed E-state index contributed by atoms with van der Waals surface area (Å²) in [4.78, 5) is 20.6. The molecule has 2 atom stereocenters. The Morgan fingerprint density at radius 3 is 3.11 bits per heavy atom. The van der Waals surface area contributed by atoms with E-state index < -0.39 is 0 Å². The van der Waals surface area contributed by atoms with Gasteiger partial charge in [-0.25, -0.2) is 9.98 Å². The number of fused-ring (bicyclic) bond motifs is 1. The van der Waals surface area contributed by atoms with Crippen LogP contribution >= 0.6 is 0 Å². The number of carbonyl (C=O) groups excluding carboxylic acids is 1. The maximum atomic E-state index is 11.8. The van der Waals surface area contributed by atoms with Crippen LogP contribution in [0.3, 0.4) is 0 Å². The van der Waals surface area contributed by atoms with Gasteiger partial charge in [-0.3, -0.25) is 4.79 Å². The van der Waals surface area contributed by atoms with Crippen LogP contribution in [0.15, 0.2) is 34.3 Å². The Kier molecular flexibility index (Phi) is 3.15. The zero-order valence-corrected chi connectivity index (χ0v) is 11.0. The molecule has 4 heteroatoms. The Balaban J connectivity index is 1.76. The number of hydrogen-bond donors (Lipinski definition) is 1. The lowest BCUT2D eigenvalue weighted by Crippen LogP contribution is -2.36. The topological polar surface area (TPSA) is 53.8 Å². The number of aliphatic imine (C=N–C) groups is 2. The standard InChI is InChI=1S/C15H17N3O/c1-10-4-2-5-11(8-10)17-15-16-9-12-13(18-15)6-3-7-14(12)19/h2,4-5,8-9,12-13H,3,6-7H2,1H3,(H,17,18). The fourth-order valence-electron chi connectivity index (χ4n) is 2.63. The lowest BCUT2D eigenvalue weighted by Gasteiger charge is -2.27. The highest BCUT2D eigenvalue weighted by Gasteiger charge is 2.32. The molecule has 3 rings (SSSR count). The van der Waals surface area contributed by atoms with E-state index in [0.717, 1.165) is 18.5 Å². The predicted octanol–water partition coefficient (Wildman–Crippen LogP) is 2.59. The molecule has 0 spiro atoms. The summed E-state index contributed by atoms with van der Waals surface area (Å²) >= 11 is 0. The lowest BCUT2D eigenvalue weighted by atomic mass is 9.84. The molecule has 0 radical (unpaired) electrons. The van der Waals surface area contributed by atoms with Crippen molar-refractivity contribution < 1.29 is 4.79 Å². The SMILES string of the molecule is Cc1cccc(NC2=NC3CCCC(=O)C3C=N2)c1. The molecule has 2 unspecified atom stereocenters. The molecule has 0 amide bonds. The molecule has 2 aliphatic rings. The molecule has 0 aromatic heterocycles. The number of benzene rings is 1. The molecular formula is C15H17N3O. The van der Waals surface area contributed by atoms with Crippen LogP contribution in [0.1, 0.15) is 24.8 Å². The molecule has 1 fully saturated rings. The van der Waals surface area contributed by atoms with Gasteiger partial charge in [0.05, 0.1) is 12.0 Å². The molecule has 1 aliphatic heterocycles. The van der Waals surface area contributed by atoms with Crippen LogP contribution in [0, 0.1) is 12.8 Å². The molecule has 4 nitrogen and oxygen atoms in total. The molecule has 98 valence electrons. The van der Waals surface area contributed by atoms with Crippen molar-refractivity contribution in [3.8, 4) is 0 Å². The Morgan fingerprint density at radius 2 is 2.26 bits per heavy atom. The molecule has 1 aromatic carbocycles. The van der Waals surface area contributed by atoms with Gasteiger partial charge in [0.2, 0.25) is 5.96 Å². The van der Waals surface area contributed by atoms with Gasteiger partial charge in [-0.2, -0.15) is 0 Å². The summed E-state index contributed by atoms with van der Waals surface area (Å²) in [5, 5.41) is 3.21. The second kappa shape index (κ2) is 4.96. The van der Waals surface area contributed by atoms with Crippen molar-refractivity contribution in [3.05, 3.63) is 29.8 Å². The normalized spacial score (nSPS) is 25.7. The number of anilines is 1. The number of guanidine groups is 1. The van der Waals surface area contributed by atoms with Crippen LogP contribution < -0.4 is 5.32 Å². The van der Waals surface area contributed by atoms with Crippen molar-refractivity contribution in [2.45, 2.75) is 32.2 Å². The number of hydrogen-bond acceptors (Lipinski definition) is 4. The van der Waals surface area contributed by atoms with Crippen LogP contribution in [0.25, 0.3) is 0 Å². The summed E-state index contributed by atoms with van der Waals surface area (Å²) in [5.41, 5.74) is 2.17. The molecule has 1 aliphatic carbocycles. The quantitative estimate of drug-likeness (QED) is 0.838. The Morgan fingerprint density at radius 1 is 1.37 bits per heavy atom. The molecule has 19 heavy (non-hydrogen) atoms. The van der Waals surface area contributed by atoms with E-state index in [2.05, 4.69) is 21.4 Å². The second-order valence-corrected chi connectivity index (χ2v) is 5.18. The first kappa shape index (κ1) is 12.1. The molecule has 1 heterocycles. The van der Waals surface area contributed by atoms with Crippen molar-refractivity contribution in [1.82, 2.24) is 0 Å². The first-order valence-corrected chi connectivity index (χ1v) is 6.71. The number of nitrogens with zero attached hydrogens (tertiary/aromatic N) is 2. The molecule has 0 saturated heterocycles. The maximum Gasteiger partial charge on any atom is 0.222 e. The summed E-state index contributed by atoms with van der Waals surface area (Å²) in [6.45, 7) is 2.05. The average Bonchev–Trinajstić information content (AvgIpc) is 2.39. The highest BCUT2D eigenvalue weighted by molar-refractivity contribution is 6.06. The summed E-state index contributed by atoms with van der Waals surface area (Å²) in [6.07, 6.45) is 4.34. The van der Waals surface area contributed by atoms with E-state index in [-0.39, 0.29) is 17.7 Å². The van der Waals surface area contributed by atoms with E-state index in [1.54, 1.807) is 6.21 Å². The van der Waals surface area contributed by atoms with E-state index in [1.807, 2.05) is 25.1 Å². The van der Waals surface area contributed by atoms with E-state index >= 15 is 0 Å². The third kappa shape index (κ3) is 2.57. The van der Waals surface area contributed by atoms with Gasteiger partial charge in [-0.1, -0.05) is 12.1 Å². The van der Waals surface area contributed by atoms with Crippen LogP contribution in [0.2, 0.25) is 0 Å². The number of aryl methyl sites for hydroxylation is 1. The monoisotopic (exact) mass is 255 g/mol. The Hall–Kier alpha value is -1.97. The predicted molar refractivity (Wildman–Crippen MR) is 76.9 cm³/mol. The summed E-state index contributed by atoms with van der Waals surface area (Å²) in [6, 6.07) is 8.16. The fraction of sp³-hybridized carbons (Fsp3) is 0.400. The number of carbonyl (C=O) groups is 1. The first-order chi connectivity index (χ1) is 9.22. The summed E-state index contributed by atoms with van der Waals surface area (Å²) in [5.74, 6) is 0.789. The summed E-state index contributed by atoms with van der Waals surface area (Å²) < 4.78 is 0. The lowest BCUT2D eigenvalue weighted by molar-refractivity contribution is -0.122. The highest BCUT2D eigenvalue weighted by Crippen LogP contribution is 2.25. The fourth-order valence-corrected chi connectivity index (χ4v) is 2.63. The molecule has 0 bridgehead atoms. The van der Waals surface area contributed by atoms with Gasteiger partial charge in [-0.05, 0) is 37.5 Å². The van der Waals surface area contributed by atoms with Crippen molar-refractivity contribution in [1.29, 1.82) is 0 Å². The first-order valence-electron chi connectivity index (χ1n) is 6.71. The highest BCUT2D eigenvalue weighted by atomic mass is 16.1. The molecule has 1 N–H and O–H groups in total. The van der Waals surface area contributed by atoms with E-state index in [4.69, 9.17) is 0 Å². The van der Waals surface area contributed by atoms with Crippen LogP contribution in [-0.2, 0) is 4.79 Å². The molecular weight excluding hydrogens is 238 g/mol. The van der Waals surface area contributed by atoms with Crippen LogP contribution in [0.5, 0.6) is 0 Å². The maximum absolute atomic E-state index is 11.8. The smallest absolute Gasteiger partial charge is 0.222 e. The number of ketones is 1. The van der Waals surface area contributed by atoms with Gasteiger partial charge >= 0.3 is 0 Å². The minimum absolute atomic E-state index is 0.0751. The van der Waals surface area contributed by atoms with Gasteiger partial charge in [0, 0.05) is 18.3 Å². The van der Waals surface area contributed by atoms with Crippen molar-refractivity contribution in [2.75, 3.05) is 5.32 Å². The third-order valence-corrected chi connectivity index (χ3v) is 3.63. The number of nitrogens with one attached hydrogen (secondary N) is 1. The van der Waals surface area contributed by atoms with Crippen molar-refractivity contribution in [3.63, 3.8) is 0 Å². The number of rotatable bonds is 1. The largest absolute Gasteiger partial charge is 0.324 e. The van der Waals surface area contributed by atoms with Gasteiger partial charge in [-0.15, -0.1) is 0 Å². The van der Waals surface area contributed by atoms with E-state index in [0.29, 0.717) is 12.4 Å². The van der Waals surface area contributed by atoms with Crippen LogP contribution in [-0.4, -0.2) is 24.0 Å². The van der Waals surface area contributed by atoms with Gasteiger partial charge < -0.3 is 5.32 Å². The van der Waals surface area contributed by atoms with Crippen molar-refractivity contribution in [2.24, 2.45) is 15.9 Å². The van der Waals surface area contributed by atoms with Gasteiger partial charge in [0.25, 0.3) is 0 Å². The minimum Gasteiger partial charge on any atom is -0.324 e. The van der Waals surface area contributed by atoms with Gasteiger partial charge in [0.1, 0.15) is 5.78 Å². The van der Waals surface area contributed by atoms with Crippen LogP contribution in [0.4, 0.5) is 5.69 Å². The minimum atomic E-state index is -0.100.